The molecule has 0 aliphatic heterocycles. The highest BCUT2D eigenvalue weighted by molar-refractivity contribution is 6.11. The van der Waals surface area contributed by atoms with Crippen molar-refractivity contribution in [2.24, 2.45) is 5.92 Å². The van der Waals surface area contributed by atoms with Crippen molar-refractivity contribution in [2.75, 3.05) is 23.8 Å². The van der Waals surface area contributed by atoms with Crippen molar-refractivity contribution < 1.29 is 29.0 Å². The van der Waals surface area contributed by atoms with Crippen LogP contribution >= 0.6 is 0 Å². The van der Waals surface area contributed by atoms with Gasteiger partial charge in [-0.15, -0.1) is 0 Å². The van der Waals surface area contributed by atoms with E-state index in [9.17, 15) is 19.5 Å². The molecule has 8 heteroatoms. The van der Waals surface area contributed by atoms with Crippen LogP contribution in [0.5, 0.6) is 11.5 Å². The van der Waals surface area contributed by atoms with Crippen molar-refractivity contribution in [3.05, 3.63) is 47.5 Å². The van der Waals surface area contributed by atoms with E-state index in [2.05, 4.69) is 10.6 Å². The number of carboxylic acid groups (broad SMARTS) is 1. The predicted molar refractivity (Wildman–Crippen MR) is 111 cm³/mol. The van der Waals surface area contributed by atoms with Crippen molar-refractivity contribution in [2.45, 2.75) is 27.7 Å². The first-order valence-electron chi connectivity index (χ1n) is 9.64. The Kier molecular flexibility index (Phi) is 7.80. The Morgan fingerprint density at radius 2 is 1.40 bits per heavy atom. The van der Waals surface area contributed by atoms with Crippen molar-refractivity contribution in [1.82, 2.24) is 0 Å². The molecule has 0 radical (unpaired) electrons. The second-order valence-electron chi connectivity index (χ2n) is 6.64. The Bertz CT molecular complexity index is 939. The molecule has 0 heterocycles. The number of anilines is 2. The Morgan fingerprint density at radius 3 is 1.87 bits per heavy atom. The van der Waals surface area contributed by atoms with Crippen LogP contribution in [-0.4, -0.2) is 31.0 Å². The van der Waals surface area contributed by atoms with Gasteiger partial charge in [-0.1, -0.05) is 32.0 Å². The molecule has 2 aromatic rings. The van der Waals surface area contributed by atoms with Crippen LogP contribution in [0.15, 0.2) is 36.4 Å². The van der Waals surface area contributed by atoms with E-state index >= 15 is 0 Å². The van der Waals surface area contributed by atoms with Gasteiger partial charge in [0.1, 0.15) is 11.5 Å². The summed E-state index contributed by atoms with van der Waals surface area (Å²) in [5.74, 6) is -1.88. The van der Waals surface area contributed by atoms with Gasteiger partial charge in [-0.05, 0) is 19.9 Å². The van der Waals surface area contributed by atoms with Crippen LogP contribution < -0.4 is 25.2 Å². The molecule has 2 N–H and O–H groups in total. The van der Waals surface area contributed by atoms with Crippen LogP contribution in [0.2, 0.25) is 0 Å². The van der Waals surface area contributed by atoms with Crippen molar-refractivity contribution in [1.29, 1.82) is 0 Å². The van der Waals surface area contributed by atoms with E-state index in [1.54, 1.807) is 39.8 Å². The lowest BCUT2D eigenvalue weighted by molar-refractivity contribution is -0.255. The maximum Gasteiger partial charge on any atom is 0.256 e. The Balaban J connectivity index is 2.45. The highest BCUT2D eigenvalue weighted by Crippen LogP contribution is 2.37. The van der Waals surface area contributed by atoms with Crippen LogP contribution in [-0.2, 0) is 4.79 Å². The molecule has 2 rings (SSSR count). The number of benzene rings is 2. The Hall–Kier alpha value is -3.55. The molecule has 0 aliphatic rings. The molecule has 0 fully saturated rings. The van der Waals surface area contributed by atoms with Gasteiger partial charge in [0.25, 0.3) is 5.91 Å². The van der Waals surface area contributed by atoms with Gasteiger partial charge >= 0.3 is 0 Å². The fourth-order valence-corrected chi connectivity index (χ4v) is 2.63. The van der Waals surface area contributed by atoms with Crippen LogP contribution in [0.3, 0.4) is 0 Å². The lowest BCUT2D eigenvalue weighted by atomic mass is 10.1. The van der Waals surface area contributed by atoms with Crippen LogP contribution in [0.1, 0.15) is 48.4 Å². The third kappa shape index (κ3) is 5.50. The number of carbonyl (C=O) groups is 3. The zero-order valence-electron chi connectivity index (χ0n) is 17.4. The molecule has 0 aliphatic carbocycles. The summed E-state index contributed by atoms with van der Waals surface area (Å²) >= 11 is 0. The quantitative estimate of drug-likeness (QED) is 0.653. The Morgan fingerprint density at radius 1 is 0.900 bits per heavy atom. The number of hydrogen-bond acceptors (Lipinski definition) is 6. The number of carbonyl (C=O) groups excluding carboxylic acids is 3. The maximum atomic E-state index is 12.7. The summed E-state index contributed by atoms with van der Waals surface area (Å²) in [4.78, 5) is 36.2. The van der Waals surface area contributed by atoms with E-state index in [1.165, 1.54) is 24.3 Å². The second kappa shape index (κ2) is 10.3. The van der Waals surface area contributed by atoms with Crippen molar-refractivity contribution in [3.8, 4) is 11.5 Å². The fourth-order valence-electron chi connectivity index (χ4n) is 2.63. The summed E-state index contributed by atoms with van der Waals surface area (Å²) in [5.41, 5.74) is 0.419. The van der Waals surface area contributed by atoms with Crippen LogP contribution in [0, 0.1) is 5.92 Å². The van der Waals surface area contributed by atoms with E-state index in [4.69, 9.17) is 9.47 Å². The zero-order chi connectivity index (χ0) is 22.3. The number of aromatic carboxylic acids is 1. The summed E-state index contributed by atoms with van der Waals surface area (Å²) in [6.07, 6.45) is 0. The van der Waals surface area contributed by atoms with Gasteiger partial charge in [0.05, 0.1) is 30.6 Å². The number of ether oxygens (including phenoxy) is 2. The number of nitrogens with one attached hydrogen (secondary N) is 2. The van der Waals surface area contributed by atoms with Gasteiger partial charge in [-0.3, -0.25) is 9.59 Å². The summed E-state index contributed by atoms with van der Waals surface area (Å²) in [5, 5.41) is 16.8. The molecule has 0 saturated heterocycles. The number of amides is 2. The monoisotopic (exact) mass is 413 g/mol. The van der Waals surface area contributed by atoms with E-state index in [1.807, 2.05) is 0 Å². The lowest BCUT2D eigenvalue weighted by Crippen LogP contribution is -2.26. The van der Waals surface area contributed by atoms with Crippen LogP contribution in [0.4, 0.5) is 11.4 Å². The first-order valence-corrected chi connectivity index (χ1v) is 9.64. The highest BCUT2D eigenvalue weighted by atomic mass is 16.5. The van der Waals surface area contributed by atoms with E-state index < -0.39 is 11.9 Å². The van der Waals surface area contributed by atoms with Gasteiger partial charge in [0.15, 0.2) is 0 Å². The number of rotatable bonds is 9. The molecule has 0 saturated carbocycles. The number of carboxylic acids is 1. The highest BCUT2D eigenvalue weighted by Gasteiger charge is 2.19. The van der Waals surface area contributed by atoms with E-state index in [0.717, 1.165) is 0 Å². The SMILES string of the molecule is CCOc1cc(NC(=O)C(C)C)c(OCC)cc1NC(=O)c1ccccc1C(=O)[O-]. The van der Waals surface area contributed by atoms with Crippen molar-refractivity contribution >= 4 is 29.2 Å². The molecule has 0 unspecified atom stereocenters. The molecule has 0 atom stereocenters. The minimum absolute atomic E-state index is 0.0462. The van der Waals surface area contributed by atoms with Crippen molar-refractivity contribution in [3.63, 3.8) is 0 Å². The smallest absolute Gasteiger partial charge is 0.256 e. The largest absolute Gasteiger partial charge is 0.545 e. The normalized spacial score (nSPS) is 10.4. The minimum Gasteiger partial charge on any atom is -0.545 e. The summed E-state index contributed by atoms with van der Waals surface area (Å²) in [6.45, 7) is 7.74. The van der Waals surface area contributed by atoms with Gasteiger partial charge < -0.3 is 30.0 Å². The molecule has 2 aromatic carbocycles. The third-order valence-corrected chi connectivity index (χ3v) is 4.10. The molecule has 0 bridgehead atoms. The third-order valence-electron chi connectivity index (χ3n) is 4.10. The molecule has 8 nitrogen and oxygen atoms in total. The Labute approximate surface area is 175 Å². The maximum absolute atomic E-state index is 12.7. The first-order chi connectivity index (χ1) is 14.3. The molecule has 30 heavy (non-hydrogen) atoms. The van der Waals surface area contributed by atoms with Crippen LogP contribution in [0.25, 0.3) is 0 Å². The fraction of sp³-hybridized carbons (Fsp3) is 0.318. The minimum atomic E-state index is -1.45. The molecular weight excluding hydrogens is 388 g/mol. The predicted octanol–water partition coefficient (Wildman–Crippen LogP) is 2.69. The molecule has 2 amide bonds. The average Bonchev–Trinajstić information content (AvgIpc) is 2.71. The van der Waals surface area contributed by atoms with E-state index in [-0.39, 0.29) is 28.6 Å². The van der Waals surface area contributed by atoms with Gasteiger partial charge in [-0.25, -0.2) is 0 Å². The summed E-state index contributed by atoms with van der Waals surface area (Å²) in [7, 11) is 0. The zero-order valence-corrected chi connectivity index (χ0v) is 17.4. The standard InChI is InChI=1S/C22H26N2O6/c1-5-29-18-12-17(19(30-6-2)11-16(18)23-20(25)13(3)4)24-21(26)14-9-7-8-10-15(14)22(27)28/h7-13H,5-6H2,1-4H3,(H,23,25)(H,24,26)(H,27,28)/p-1. The molecule has 0 aromatic heterocycles. The average molecular weight is 413 g/mol. The number of hydrogen-bond donors (Lipinski definition) is 2. The molecule has 0 spiro atoms. The second-order valence-corrected chi connectivity index (χ2v) is 6.64. The summed E-state index contributed by atoms with van der Waals surface area (Å²) in [6, 6.07) is 8.85. The van der Waals surface area contributed by atoms with Gasteiger partial charge in [0.2, 0.25) is 5.91 Å². The molecular formula is C22H25N2O6-. The first kappa shape index (κ1) is 22.7. The van der Waals surface area contributed by atoms with E-state index in [0.29, 0.717) is 30.4 Å². The van der Waals surface area contributed by atoms with Gasteiger partial charge in [-0.2, -0.15) is 0 Å². The lowest BCUT2D eigenvalue weighted by Gasteiger charge is -2.19. The molecule has 160 valence electrons. The van der Waals surface area contributed by atoms with Gasteiger partial charge in [0, 0.05) is 29.2 Å². The summed E-state index contributed by atoms with van der Waals surface area (Å²) < 4.78 is 11.2. The topological polar surface area (TPSA) is 117 Å².